The van der Waals surface area contributed by atoms with Crippen LogP contribution in [0.3, 0.4) is 0 Å². The van der Waals surface area contributed by atoms with E-state index >= 15 is 0 Å². The molecule has 0 spiro atoms. The topological polar surface area (TPSA) is 17.1 Å². The zero-order valence-corrected chi connectivity index (χ0v) is 9.96. The number of hydrogen-bond donors (Lipinski definition) is 0. The fraction of sp³-hybridized carbons (Fsp3) is 0. The molecule has 16 heavy (non-hydrogen) atoms. The summed E-state index contributed by atoms with van der Waals surface area (Å²) in [6, 6.07) is 9.17. The van der Waals surface area contributed by atoms with Crippen LogP contribution >= 0.6 is 22.9 Å². The summed E-state index contributed by atoms with van der Waals surface area (Å²) < 4.78 is 0. The Morgan fingerprint density at radius 2 is 1.94 bits per heavy atom. The fourth-order valence-corrected chi connectivity index (χ4v) is 2.02. The van der Waals surface area contributed by atoms with Gasteiger partial charge in [-0.05, 0) is 35.2 Å². The lowest BCUT2D eigenvalue weighted by atomic mass is 10.1. The highest BCUT2D eigenvalue weighted by Crippen LogP contribution is 2.12. The number of allylic oxidation sites excluding steroid dienone is 1. The maximum atomic E-state index is 11.6. The average molecular weight is 249 g/mol. The van der Waals surface area contributed by atoms with Crippen LogP contribution in [0.2, 0.25) is 5.02 Å². The van der Waals surface area contributed by atoms with Crippen molar-refractivity contribution in [3.8, 4) is 0 Å². The van der Waals surface area contributed by atoms with Gasteiger partial charge in [-0.3, -0.25) is 4.79 Å². The Kier molecular flexibility index (Phi) is 3.54. The number of thiophene rings is 1. The second-order valence-electron chi connectivity index (χ2n) is 3.26. The molecule has 2 aromatic rings. The molecule has 0 fully saturated rings. The van der Waals surface area contributed by atoms with Gasteiger partial charge in [-0.2, -0.15) is 11.3 Å². The van der Waals surface area contributed by atoms with E-state index < -0.39 is 0 Å². The first-order chi connectivity index (χ1) is 7.75. The van der Waals surface area contributed by atoms with Crippen molar-refractivity contribution in [1.82, 2.24) is 0 Å². The van der Waals surface area contributed by atoms with Crippen molar-refractivity contribution < 1.29 is 4.79 Å². The van der Waals surface area contributed by atoms with E-state index in [-0.39, 0.29) is 5.78 Å². The lowest BCUT2D eigenvalue weighted by molar-refractivity contribution is 0.104. The van der Waals surface area contributed by atoms with E-state index in [1.165, 1.54) is 11.3 Å². The van der Waals surface area contributed by atoms with Gasteiger partial charge in [-0.25, -0.2) is 0 Å². The Labute approximate surface area is 103 Å². The summed E-state index contributed by atoms with van der Waals surface area (Å²) >= 11 is 7.29. The van der Waals surface area contributed by atoms with Crippen LogP contribution in [0.4, 0.5) is 0 Å². The van der Waals surface area contributed by atoms with Gasteiger partial charge < -0.3 is 0 Å². The first kappa shape index (κ1) is 11.1. The van der Waals surface area contributed by atoms with Gasteiger partial charge in [0.25, 0.3) is 0 Å². The Hall–Kier alpha value is -1.38. The van der Waals surface area contributed by atoms with Crippen molar-refractivity contribution >= 4 is 34.8 Å². The maximum Gasteiger partial charge on any atom is 0.186 e. The van der Waals surface area contributed by atoms with Crippen LogP contribution < -0.4 is 0 Å². The molecule has 3 heteroatoms. The van der Waals surface area contributed by atoms with Crippen LogP contribution in [0.1, 0.15) is 15.9 Å². The molecular formula is C13H9ClOS. The second-order valence-corrected chi connectivity index (χ2v) is 4.48. The number of halogens is 1. The molecule has 0 atom stereocenters. The predicted octanol–water partition coefficient (Wildman–Crippen LogP) is 4.30. The third-order valence-corrected chi connectivity index (χ3v) is 3.04. The molecule has 0 aliphatic heterocycles. The summed E-state index contributed by atoms with van der Waals surface area (Å²) in [6.45, 7) is 0. The molecule has 0 N–H and O–H groups in total. The van der Waals surface area contributed by atoms with E-state index in [1.54, 1.807) is 24.3 Å². The van der Waals surface area contributed by atoms with E-state index in [0.717, 1.165) is 11.1 Å². The number of carbonyl (C=O) groups excluding carboxylic acids is 1. The van der Waals surface area contributed by atoms with Gasteiger partial charge >= 0.3 is 0 Å². The zero-order valence-electron chi connectivity index (χ0n) is 8.39. The molecule has 0 saturated carbocycles. The first-order valence-corrected chi connectivity index (χ1v) is 6.08. The van der Waals surface area contributed by atoms with Crippen LogP contribution in [0.5, 0.6) is 0 Å². The highest BCUT2D eigenvalue weighted by Gasteiger charge is 2.00. The summed E-state index contributed by atoms with van der Waals surface area (Å²) in [4.78, 5) is 11.6. The van der Waals surface area contributed by atoms with E-state index in [0.29, 0.717) is 5.02 Å². The highest BCUT2D eigenvalue weighted by atomic mass is 35.5. The molecule has 0 amide bonds. The quantitative estimate of drug-likeness (QED) is 0.585. The minimum atomic E-state index is 0.0243. The van der Waals surface area contributed by atoms with Crippen molar-refractivity contribution in [2.75, 3.05) is 0 Å². The highest BCUT2D eigenvalue weighted by molar-refractivity contribution is 7.08. The fourth-order valence-electron chi connectivity index (χ4n) is 1.25. The van der Waals surface area contributed by atoms with Crippen molar-refractivity contribution in [2.45, 2.75) is 0 Å². The molecule has 0 radical (unpaired) electrons. The predicted molar refractivity (Wildman–Crippen MR) is 69.1 cm³/mol. The Morgan fingerprint density at radius 1 is 1.19 bits per heavy atom. The van der Waals surface area contributed by atoms with Gasteiger partial charge in [-0.15, -0.1) is 0 Å². The Bertz CT molecular complexity index is 497. The summed E-state index contributed by atoms with van der Waals surface area (Å²) in [5.41, 5.74) is 1.70. The Morgan fingerprint density at radius 3 is 2.56 bits per heavy atom. The van der Waals surface area contributed by atoms with Crippen LogP contribution in [0.25, 0.3) is 6.08 Å². The van der Waals surface area contributed by atoms with Crippen LogP contribution in [-0.2, 0) is 0 Å². The number of hydrogen-bond acceptors (Lipinski definition) is 2. The maximum absolute atomic E-state index is 11.6. The number of carbonyl (C=O) groups is 1. The van der Waals surface area contributed by atoms with Crippen molar-refractivity contribution in [3.05, 3.63) is 63.3 Å². The SMILES string of the molecule is O=C(/C=C/c1ccc(Cl)cc1)c1ccsc1. The molecule has 1 nitrogen and oxygen atoms in total. The lowest BCUT2D eigenvalue weighted by Gasteiger charge is -1.93. The first-order valence-electron chi connectivity index (χ1n) is 4.76. The van der Waals surface area contributed by atoms with Crippen LogP contribution in [-0.4, -0.2) is 5.78 Å². The molecule has 0 saturated heterocycles. The molecule has 2 rings (SSSR count). The number of benzene rings is 1. The average Bonchev–Trinajstić information content (AvgIpc) is 2.81. The third-order valence-electron chi connectivity index (χ3n) is 2.10. The summed E-state index contributed by atoms with van der Waals surface area (Å²) in [5.74, 6) is 0.0243. The zero-order chi connectivity index (χ0) is 11.4. The molecule has 0 aliphatic rings. The van der Waals surface area contributed by atoms with Gasteiger partial charge in [0.2, 0.25) is 0 Å². The van der Waals surface area contributed by atoms with E-state index in [1.807, 2.05) is 29.0 Å². The molecule has 80 valence electrons. The third kappa shape index (κ3) is 2.81. The van der Waals surface area contributed by atoms with Crippen molar-refractivity contribution in [2.24, 2.45) is 0 Å². The molecule has 0 aliphatic carbocycles. The standard InChI is InChI=1S/C13H9ClOS/c14-12-4-1-10(2-5-12)3-6-13(15)11-7-8-16-9-11/h1-9H/b6-3+. The summed E-state index contributed by atoms with van der Waals surface area (Å²) in [6.07, 6.45) is 3.36. The molecule has 1 heterocycles. The molecular weight excluding hydrogens is 240 g/mol. The lowest BCUT2D eigenvalue weighted by Crippen LogP contribution is -1.89. The van der Waals surface area contributed by atoms with E-state index in [9.17, 15) is 4.79 Å². The van der Waals surface area contributed by atoms with Gasteiger partial charge in [0.1, 0.15) is 0 Å². The van der Waals surface area contributed by atoms with Gasteiger partial charge in [0.05, 0.1) is 0 Å². The van der Waals surface area contributed by atoms with Crippen LogP contribution in [0.15, 0.2) is 47.2 Å². The normalized spacial score (nSPS) is 10.8. The molecule has 1 aromatic carbocycles. The van der Waals surface area contributed by atoms with Gasteiger partial charge in [0, 0.05) is 16.0 Å². The molecule has 0 unspecified atom stereocenters. The summed E-state index contributed by atoms with van der Waals surface area (Å²) in [7, 11) is 0. The summed E-state index contributed by atoms with van der Waals surface area (Å²) in [5, 5.41) is 4.43. The van der Waals surface area contributed by atoms with Crippen molar-refractivity contribution in [3.63, 3.8) is 0 Å². The molecule has 1 aromatic heterocycles. The van der Waals surface area contributed by atoms with Gasteiger partial charge in [0.15, 0.2) is 5.78 Å². The minimum Gasteiger partial charge on any atom is -0.289 e. The number of ketones is 1. The van der Waals surface area contributed by atoms with E-state index in [4.69, 9.17) is 11.6 Å². The largest absolute Gasteiger partial charge is 0.289 e. The van der Waals surface area contributed by atoms with Crippen LogP contribution in [0, 0.1) is 0 Å². The van der Waals surface area contributed by atoms with E-state index in [2.05, 4.69) is 0 Å². The smallest absolute Gasteiger partial charge is 0.186 e. The van der Waals surface area contributed by atoms with Gasteiger partial charge in [-0.1, -0.05) is 29.8 Å². The second kappa shape index (κ2) is 5.10. The minimum absolute atomic E-state index is 0.0243. The Balaban J connectivity index is 2.10. The number of rotatable bonds is 3. The monoisotopic (exact) mass is 248 g/mol. The molecule has 0 bridgehead atoms. The van der Waals surface area contributed by atoms with Crippen molar-refractivity contribution in [1.29, 1.82) is 0 Å².